The number of benzene rings is 9. The fourth-order valence-electron chi connectivity index (χ4n) is 12.0. The monoisotopic (exact) mass is 922 g/mol. The SMILES string of the molecule is c1cnc(-c2c(Cn3c4ccccc4c4ccccc43)c(-n3c4ccccc4c4ccccc43)c(-c3ncccn3)c(Cn3c4ccccc4c4ccccc43)c2-n2c3ccccc3c3ccccc32)nc1. The summed E-state index contributed by atoms with van der Waals surface area (Å²) in [5.74, 6) is 1.24. The number of aromatic nitrogens is 8. The van der Waals surface area contributed by atoms with Crippen LogP contribution in [0.3, 0.4) is 0 Å². The smallest absolute Gasteiger partial charge is 0.161 e. The zero-order valence-electron chi connectivity index (χ0n) is 38.9. The minimum atomic E-state index is 0.456. The molecule has 8 heteroatoms. The zero-order chi connectivity index (χ0) is 47.3. The number of hydrogen-bond acceptors (Lipinski definition) is 4. The van der Waals surface area contributed by atoms with Crippen molar-refractivity contribution in [2.75, 3.05) is 0 Å². The summed E-state index contributed by atoms with van der Waals surface area (Å²) in [7, 11) is 0. The Morgan fingerprint density at radius 3 is 0.736 bits per heavy atom. The highest BCUT2D eigenvalue weighted by atomic mass is 15.1. The lowest BCUT2D eigenvalue weighted by atomic mass is 9.89. The largest absolute Gasteiger partial charge is 0.336 e. The quantitative estimate of drug-likeness (QED) is 0.152. The van der Waals surface area contributed by atoms with Gasteiger partial charge >= 0.3 is 0 Å². The first-order valence-corrected chi connectivity index (χ1v) is 24.5. The van der Waals surface area contributed by atoms with E-state index < -0.39 is 0 Å². The summed E-state index contributed by atoms with van der Waals surface area (Å²) < 4.78 is 9.94. The molecule has 0 spiro atoms. The molecule has 9 aromatic carbocycles. The third kappa shape index (κ3) is 5.86. The summed E-state index contributed by atoms with van der Waals surface area (Å²) in [6.07, 6.45) is 7.51. The molecule has 0 amide bonds. The van der Waals surface area contributed by atoms with Crippen LogP contribution < -0.4 is 0 Å². The molecule has 0 aliphatic heterocycles. The molecular weight excluding hydrogens is 881 g/mol. The predicted molar refractivity (Wildman–Crippen MR) is 294 cm³/mol. The van der Waals surface area contributed by atoms with E-state index in [4.69, 9.17) is 19.9 Å². The molecule has 0 N–H and O–H groups in total. The normalized spacial score (nSPS) is 12.0. The van der Waals surface area contributed by atoms with Gasteiger partial charge in [0.05, 0.1) is 57.7 Å². The van der Waals surface area contributed by atoms with Gasteiger partial charge in [0.25, 0.3) is 0 Å². The van der Waals surface area contributed by atoms with Crippen LogP contribution in [0, 0.1) is 0 Å². The summed E-state index contributed by atoms with van der Waals surface area (Å²) in [6, 6.07) is 74.1. The van der Waals surface area contributed by atoms with Gasteiger partial charge in [-0.25, -0.2) is 19.9 Å². The Labute approximate surface area is 413 Å². The van der Waals surface area contributed by atoms with E-state index in [0.29, 0.717) is 24.7 Å². The van der Waals surface area contributed by atoms with E-state index in [1.807, 2.05) is 36.9 Å². The van der Waals surface area contributed by atoms with E-state index >= 15 is 0 Å². The second-order valence-electron chi connectivity index (χ2n) is 18.5. The first-order valence-electron chi connectivity index (χ1n) is 24.5. The third-order valence-corrected chi connectivity index (χ3v) is 14.8. The van der Waals surface area contributed by atoms with Gasteiger partial charge in [-0.2, -0.15) is 0 Å². The fourth-order valence-corrected chi connectivity index (χ4v) is 12.0. The number of rotatable bonds is 8. The number of para-hydroxylation sites is 8. The molecular formula is C64H42N8. The molecule has 0 aliphatic carbocycles. The van der Waals surface area contributed by atoms with Crippen molar-refractivity contribution < 1.29 is 0 Å². The molecule has 0 aliphatic rings. The summed E-state index contributed by atoms with van der Waals surface area (Å²) in [5.41, 5.74) is 14.7. The highest BCUT2D eigenvalue weighted by Gasteiger charge is 2.34. The van der Waals surface area contributed by atoms with E-state index in [1.54, 1.807) is 0 Å². The van der Waals surface area contributed by atoms with Crippen molar-refractivity contribution in [3.05, 3.63) is 242 Å². The van der Waals surface area contributed by atoms with Crippen molar-refractivity contribution in [1.82, 2.24) is 38.2 Å². The van der Waals surface area contributed by atoms with Crippen LogP contribution >= 0.6 is 0 Å². The summed E-state index contributed by atoms with van der Waals surface area (Å²) in [4.78, 5) is 21.2. The molecule has 6 aromatic heterocycles. The maximum Gasteiger partial charge on any atom is 0.161 e. The number of fused-ring (bicyclic) bond motifs is 12. The van der Waals surface area contributed by atoms with Gasteiger partial charge < -0.3 is 18.3 Å². The Morgan fingerprint density at radius 1 is 0.250 bits per heavy atom. The zero-order valence-corrected chi connectivity index (χ0v) is 38.9. The van der Waals surface area contributed by atoms with Crippen LogP contribution in [0.25, 0.3) is 121 Å². The molecule has 15 rings (SSSR count). The van der Waals surface area contributed by atoms with Gasteiger partial charge in [-0.3, -0.25) is 0 Å². The van der Waals surface area contributed by atoms with Gasteiger partial charge in [0, 0.05) is 101 Å². The molecule has 0 bridgehead atoms. The van der Waals surface area contributed by atoms with E-state index in [1.165, 1.54) is 21.5 Å². The van der Waals surface area contributed by atoms with E-state index in [0.717, 1.165) is 99.3 Å². The Kier molecular flexibility index (Phi) is 8.91. The van der Waals surface area contributed by atoms with Crippen LogP contribution in [0.15, 0.2) is 231 Å². The van der Waals surface area contributed by atoms with Crippen LogP contribution in [0.2, 0.25) is 0 Å². The third-order valence-electron chi connectivity index (χ3n) is 14.8. The Morgan fingerprint density at radius 2 is 0.472 bits per heavy atom. The molecule has 0 unspecified atom stereocenters. The second kappa shape index (κ2) is 15.9. The number of nitrogens with zero attached hydrogens (tertiary/aromatic N) is 8. The average Bonchev–Trinajstić information content (AvgIpc) is 4.17. The van der Waals surface area contributed by atoms with Crippen LogP contribution in [-0.2, 0) is 13.1 Å². The fraction of sp³-hybridized carbons (Fsp3) is 0.0312. The minimum absolute atomic E-state index is 0.456. The van der Waals surface area contributed by atoms with Gasteiger partial charge in [-0.1, -0.05) is 146 Å². The summed E-state index contributed by atoms with van der Waals surface area (Å²) in [5, 5.41) is 9.41. The molecule has 0 radical (unpaired) electrons. The van der Waals surface area contributed by atoms with Gasteiger partial charge in [0.2, 0.25) is 0 Å². The Balaban J connectivity index is 1.24. The molecule has 0 fully saturated rings. The lowest BCUT2D eigenvalue weighted by molar-refractivity contribution is 0.835. The molecule has 0 saturated carbocycles. The first-order chi connectivity index (χ1) is 35.8. The molecule has 6 heterocycles. The first kappa shape index (κ1) is 40.2. The van der Waals surface area contributed by atoms with Crippen molar-refractivity contribution in [2.45, 2.75) is 13.1 Å². The lowest BCUT2D eigenvalue weighted by Crippen LogP contribution is -2.18. The van der Waals surface area contributed by atoms with Crippen molar-refractivity contribution in [3.8, 4) is 34.2 Å². The van der Waals surface area contributed by atoms with Crippen molar-refractivity contribution >= 4 is 87.2 Å². The average molecular weight is 923 g/mol. The maximum absolute atomic E-state index is 5.30. The topological polar surface area (TPSA) is 71.3 Å². The molecule has 15 aromatic rings. The standard InChI is InChI=1S/C64H42N8/c1-9-27-51-41(19-1)42-20-2-10-28-52(42)69(51)39-49-59(63-65-35-17-36-66-63)62(72-57-33-15-7-25-47(57)48-26-8-16-34-58(48)72)50(40-70-53-29-11-3-21-43(53)44-22-4-12-30-54(44)70)60(64-67-37-18-38-68-64)61(49)71-55-31-13-5-23-45(55)46-24-6-14-32-56(46)71/h1-38H,39-40H2. The Hall–Kier alpha value is -9.66. The van der Waals surface area contributed by atoms with Crippen molar-refractivity contribution in [3.63, 3.8) is 0 Å². The van der Waals surface area contributed by atoms with Gasteiger partial charge in [0.15, 0.2) is 11.6 Å². The predicted octanol–water partition coefficient (Wildman–Crippen LogP) is 15.1. The highest BCUT2D eigenvalue weighted by molar-refractivity contribution is 6.14. The summed E-state index contributed by atoms with van der Waals surface area (Å²) >= 11 is 0. The van der Waals surface area contributed by atoms with Crippen LogP contribution in [0.4, 0.5) is 0 Å². The maximum atomic E-state index is 5.30. The molecule has 0 atom stereocenters. The Bertz CT molecular complexity index is 4120. The van der Waals surface area contributed by atoms with Crippen LogP contribution in [0.1, 0.15) is 11.1 Å². The molecule has 0 saturated heterocycles. The lowest BCUT2D eigenvalue weighted by Gasteiger charge is -2.29. The number of hydrogen-bond donors (Lipinski definition) is 0. The van der Waals surface area contributed by atoms with Gasteiger partial charge in [-0.15, -0.1) is 0 Å². The van der Waals surface area contributed by atoms with Gasteiger partial charge in [-0.05, 0) is 60.7 Å². The van der Waals surface area contributed by atoms with Crippen LogP contribution in [0.5, 0.6) is 0 Å². The van der Waals surface area contributed by atoms with Crippen LogP contribution in [-0.4, -0.2) is 38.2 Å². The van der Waals surface area contributed by atoms with E-state index in [2.05, 4.69) is 212 Å². The highest BCUT2D eigenvalue weighted by Crippen LogP contribution is 2.49. The minimum Gasteiger partial charge on any atom is -0.336 e. The molecule has 72 heavy (non-hydrogen) atoms. The van der Waals surface area contributed by atoms with Gasteiger partial charge in [0.1, 0.15) is 0 Å². The van der Waals surface area contributed by atoms with Crippen molar-refractivity contribution in [2.24, 2.45) is 0 Å². The molecule has 338 valence electrons. The van der Waals surface area contributed by atoms with E-state index in [-0.39, 0.29) is 0 Å². The second-order valence-corrected chi connectivity index (χ2v) is 18.5. The summed E-state index contributed by atoms with van der Waals surface area (Å²) in [6.45, 7) is 0.912. The van der Waals surface area contributed by atoms with E-state index in [9.17, 15) is 0 Å². The van der Waals surface area contributed by atoms with Crippen molar-refractivity contribution in [1.29, 1.82) is 0 Å². The molecule has 8 nitrogen and oxygen atoms in total.